The maximum Gasteiger partial charge on any atom is 0.132 e. The number of hydrogen-bond acceptors (Lipinski definition) is 4. The van der Waals surface area contributed by atoms with Gasteiger partial charge in [-0.2, -0.15) is 5.26 Å². The number of nitriles is 1. The predicted molar refractivity (Wildman–Crippen MR) is 79.9 cm³/mol. The van der Waals surface area contributed by atoms with Crippen molar-refractivity contribution in [2.24, 2.45) is 0 Å². The van der Waals surface area contributed by atoms with Gasteiger partial charge in [0.25, 0.3) is 0 Å². The van der Waals surface area contributed by atoms with Crippen molar-refractivity contribution in [1.82, 2.24) is 10.3 Å². The van der Waals surface area contributed by atoms with E-state index >= 15 is 0 Å². The Bertz CT molecular complexity index is 532. The largest absolute Gasteiger partial charge is 0.351 e. The Labute approximate surface area is 120 Å². The Morgan fingerprint density at radius 2 is 2.45 bits per heavy atom. The van der Waals surface area contributed by atoms with Crippen LogP contribution in [0.3, 0.4) is 0 Å². The lowest BCUT2D eigenvalue weighted by molar-refractivity contribution is 0.434. The van der Waals surface area contributed by atoms with Crippen LogP contribution >= 0.6 is 0 Å². The minimum absolute atomic E-state index is 0.587. The van der Waals surface area contributed by atoms with Crippen LogP contribution in [0.15, 0.2) is 6.20 Å². The summed E-state index contributed by atoms with van der Waals surface area (Å²) in [6, 6.07) is 2.86. The van der Waals surface area contributed by atoms with Crippen LogP contribution in [-0.2, 0) is 19.3 Å². The maximum absolute atomic E-state index is 8.80. The molecular weight excluding hydrogens is 248 g/mol. The number of aromatic nitrogens is 1. The Balaban J connectivity index is 1.97. The normalized spacial score (nSPS) is 21.0. The number of nitrogens with zero attached hydrogens (tertiary/aromatic N) is 3. The Morgan fingerprint density at radius 3 is 3.25 bits per heavy atom. The van der Waals surface area contributed by atoms with E-state index in [1.165, 1.54) is 28.9 Å². The molecule has 3 rings (SSSR count). The van der Waals surface area contributed by atoms with Crippen molar-refractivity contribution in [3.63, 3.8) is 0 Å². The number of nitrogens with one attached hydrogen (secondary N) is 1. The van der Waals surface area contributed by atoms with Crippen LogP contribution in [0, 0.1) is 11.3 Å². The van der Waals surface area contributed by atoms with E-state index in [-0.39, 0.29) is 0 Å². The van der Waals surface area contributed by atoms with Gasteiger partial charge in [0.05, 0.1) is 6.07 Å². The van der Waals surface area contributed by atoms with E-state index < -0.39 is 0 Å². The molecule has 106 valence electrons. The molecule has 2 aliphatic rings. The van der Waals surface area contributed by atoms with Gasteiger partial charge < -0.3 is 10.2 Å². The molecule has 0 saturated carbocycles. The molecule has 1 aromatic heterocycles. The Morgan fingerprint density at radius 1 is 1.55 bits per heavy atom. The number of pyridine rings is 1. The second kappa shape index (κ2) is 5.80. The number of fused-ring (bicyclic) bond motifs is 3. The average Bonchev–Trinajstić information content (AvgIpc) is 2.51. The lowest BCUT2D eigenvalue weighted by atomic mass is 9.89. The highest BCUT2D eigenvalue weighted by Gasteiger charge is 2.30. The van der Waals surface area contributed by atoms with Gasteiger partial charge in [0.2, 0.25) is 0 Å². The van der Waals surface area contributed by atoms with E-state index in [0.29, 0.717) is 12.5 Å². The minimum atomic E-state index is 0.587. The molecule has 4 heteroatoms. The molecule has 1 aromatic rings. The number of piperazine rings is 1. The highest BCUT2D eigenvalue weighted by molar-refractivity contribution is 5.56. The number of aryl methyl sites for hydroxylation is 1. The zero-order chi connectivity index (χ0) is 13.9. The second-order valence-electron chi connectivity index (χ2n) is 5.67. The fraction of sp³-hybridized carbons (Fsp3) is 0.625. The molecule has 0 aromatic carbocycles. The smallest absolute Gasteiger partial charge is 0.132 e. The summed E-state index contributed by atoms with van der Waals surface area (Å²) in [5.41, 5.74) is 4.17. The molecule has 0 spiro atoms. The van der Waals surface area contributed by atoms with Gasteiger partial charge in [0.1, 0.15) is 5.82 Å². The summed E-state index contributed by atoms with van der Waals surface area (Å²) in [6.45, 7) is 5.41. The molecule has 20 heavy (non-hydrogen) atoms. The highest BCUT2D eigenvalue weighted by Crippen LogP contribution is 2.33. The van der Waals surface area contributed by atoms with E-state index in [1.807, 2.05) is 6.20 Å². The molecule has 2 aliphatic heterocycles. The first-order valence-electron chi connectivity index (χ1n) is 7.69. The van der Waals surface area contributed by atoms with Crippen LogP contribution in [0.5, 0.6) is 0 Å². The SMILES string of the molecule is CCc1c(CCC#N)cnc2c1CC[C@@H]1CNCCN21. The summed E-state index contributed by atoms with van der Waals surface area (Å²) in [6.07, 6.45) is 6.83. The molecule has 3 heterocycles. The Kier molecular flexibility index (Phi) is 3.88. The van der Waals surface area contributed by atoms with E-state index in [1.54, 1.807) is 0 Å². The van der Waals surface area contributed by atoms with Crippen LogP contribution in [0.1, 0.15) is 36.5 Å². The third kappa shape index (κ3) is 2.27. The van der Waals surface area contributed by atoms with Crippen molar-refractivity contribution in [3.8, 4) is 6.07 Å². The quantitative estimate of drug-likeness (QED) is 0.910. The molecule has 0 radical (unpaired) electrons. The molecule has 0 aliphatic carbocycles. The summed E-state index contributed by atoms with van der Waals surface area (Å²) in [5, 5.41) is 12.3. The lowest BCUT2D eigenvalue weighted by Crippen LogP contribution is -2.53. The van der Waals surface area contributed by atoms with Gasteiger partial charge in [0.15, 0.2) is 0 Å². The first kappa shape index (κ1) is 13.4. The summed E-state index contributed by atoms with van der Waals surface area (Å²) >= 11 is 0. The lowest BCUT2D eigenvalue weighted by Gasteiger charge is -2.42. The summed E-state index contributed by atoms with van der Waals surface area (Å²) in [4.78, 5) is 7.24. The molecule has 1 N–H and O–H groups in total. The van der Waals surface area contributed by atoms with Gasteiger partial charge in [-0.25, -0.2) is 4.98 Å². The molecule has 0 bridgehead atoms. The van der Waals surface area contributed by atoms with Crippen LogP contribution < -0.4 is 10.2 Å². The first-order chi connectivity index (χ1) is 9.85. The monoisotopic (exact) mass is 270 g/mol. The van der Waals surface area contributed by atoms with Gasteiger partial charge in [-0.3, -0.25) is 0 Å². The topological polar surface area (TPSA) is 52.0 Å². The third-order valence-corrected chi connectivity index (χ3v) is 4.57. The van der Waals surface area contributed by atoms with Crippen molar-refractivity contribution in [3.05, 3.63) is 22.9 Å². The van der Waals surface area contributed by atoms with Crippen molar-refractivity contribution >= 4 is 5.82 Å². The first-order valence-corrected chi connectivity index (χ1v) is 7.69. The van der Waals surface area contributed by atoms with E-state index in [0.717, 1.165) is 38.9 Å². The summed E-state index contributed by atoms with van der Waals surface area (Å²) in [5.74, 6) is 1.21. The summed E-state index contributed by atoms with van der Waals surface area (Å²) < 4.78 is 0. The van der Waals surface area contributed by atoms with Crippen LogP contribution in [-0.4, -0.2) is 30.7 Å². The van der Waals surface area contributed by atoms with Gasteiger partial charge in [-0.15, -0.1) is 0 Å². The maximum atomic E-state index is 8.80. The van der Waals surface area contributed by atoms with Gasteiger partial charge in [-0.1, -0.05) is 6.92 Å². The zero-order valence-electron chi connectivity index (χ0n) is 12.2. The molecule has 4 nitrogen and oxygen atoms in total. The molecular formula is C16H22N4. The van der Waals surface area contributed by atoms with Crippen molar-refractivity contribution in [2.75, 3.05) is 24.5 Å². The molecule has 0 amide bonds. The van der Waals surface area contributed by atoms with Crippen LogP contribution in [0.25, 0.3) is 0 Å². The third-order valence-electron chi connectivity index (χ3n) is 4.57. The van der Waals surface area contributed by atoms with Crippen LogP contribution in [0.2, 0.25) is 0 Å². The van der Waals surface area contributed by atoms with Gasteiger partial charge in [-0.05, 0) is 42.4 Å². The molecule has 1 saturated heterocycles. The van der Waals surface area contributed by atoms with Crippen molar-refractivity contribution < 1.29 is 0 Å². The zero-order valence-corrected chi connectivity index (χ0v) is 12.2. The van der Waals surface area contributed by atoms with Gasteiger partial charge in [0, 0.05) is 38.3 Å². The van der Waals surface area contributed by atoms with Gasteiger partial charge >= 0.3 is 0 Å². The van der Waals surface area contributed by atoms with E-state index in [9.17, 15) is 0 Å². The number of rotatable bonds is 3. The van der Waals surface area contributed by atoms with Crippen molar-refractivity contribution in [2.45, 2.75) is 45.1 Å². The fourth-order valence-electron chi connectivity index (χ4n) is 3.59. The predicted octanol–water partition coefficient (Wildman–Crippen LogP) is 1.82. The minimum Gasteiger partial charge on any atom is -0.351 e. The van der Waals surface area contributed by atoms with Crippen molar-refractivity contribution in [1.29, 1.82) is 5.26 Å². The van der Waals surface area contributed by atoms with E-state index in [2.05, 4.69) is 23.2 Å². The van der Waals surface area contributed by atoms with Crippen LogP contribution in [0.4, 0.5) is 5.82 Å². The molecule has 0 unspecified atom stereocenters. The second-order valence-corrected chi connectivity index (χ2v) is 5.67. The Hall–Kier alpha value is -1.60. The number of hydrogen-bond donors (Lipinski definition) is 1. The number of anilines is 1. The average molecular weight is 270 g/mol. The van der Waals surface area contributed by atoms with E-state index in [4.69, 9.17) is 10.2 Å². The molecule has 1 atom stereocenters. The fourth-order valence-corrected chi connectivity index (χ4v) is 3.59. The highest BCUT2D eigenvalue weighted by atomic mass is 15.3. The standard InChI is InChI=1S/C16H22N4/c1-2-14-12(4-3-7-17)10-19-16-15(14)6-5-13-11-18-8-9-20(13)16/h10,13,18H,2-6,8-9,11H2,1H3/t13-/m1/s1. The molecule has 1 fully saturated rings. The summed E-state index contributed by atoms with van der Waals surface area (Å²) in [7, 11) is 0.